The summed E-state index contributed by atoms with van der Waals surface area (Å²) in [7, 11) is 0. The molecule has 1 rings (SSSR count). The average molecular weight is 174 g/mol. The molecule has 1 aliphatic rings. The summed E-state index contributed by atoms with van der Waals surface area (Å²) in [5.74, 6) is -1.09. The number of amides is 2. The highest BCUT2D eigenvalue weighted by molar-refractivity contribution is 5.82. The number of carboxylic acids is 1. The Bertz CT molecular complexity index is 184. The predicted molar refractivity (Wildman–Crippen MR) is 38.5 cm³/mol. The minimum absolute atomic E-state index is 0.0122. The number of morpholine rings is 1. The number of aliphatic carboxylic acids is 1. The van der Waals surface area contributed by atoms with Crippen LogP contribution in [0.3, 0.4) is 0 Å². The lowest BCUT2D eigenvalue weighted by molar-refractivity contribution is -0.147. The third kappa shape index (κ3) is 1.65. The summed E-state index contributed by atoms with van der Waals surface area (Å²) in [6.07, 6.45) is 0. The van der Waals surface area contributed by atoms with E-state index in [4.69, 9.17) is 15.6 Å². The first-order chi connectivity index (χ1) is 5.63. The topological polar surface area (TPSA) is 92.9 Å². The molecule has 0 aromatic rings. The van der Waals surface area contributed by atoms with Crippen LogP contribution in [-0.4, -0.2) is 47.8 Å². The first kappa shape index (κ1) is 8.79. The monoisotopic (exact) mass is 174 g/mol. The molecule has 0 radical (unpaired) electrons. The molecule has 0 aromatic carbocycles. The van der Waals surface area contributed by atoms with Crippen molar-refractivity contribution >= 4 is 12.0 Å². The SMILES string of the molecule is NC(=O)N1CCOCC1C(=O)O. The molecule has 1 unspecified atom stereocenters. The number of nitrogens with zero attached hydrogens (tertiary/aromatic N) is 1. The summed E-state index contributed by atoms with van der Waals surface area (Å²) in [6, 6.07) is -1.65. The van der Waals surface area contributed by atoms with Crippen molar-refractivity contribution in [1.82, 2.24) is 4.90 Å². The van der Waals surface area contributed by atoms with Gasteiger partial charge in [0.05, 0.1) is 13.2 Å². The number of rotatable bonds is 1. The molecule has 1 fully saturated rings. The summed E-state index contributed by atoms with van der Waals surface area (Å²) in [6.45, 7) is 0.595. The number of urea groups is 1. The number of nitrogens with two attached hydrogens (primary N) is 1. The van der Waals surface area contributed by atoms with Crippen LogP contribution >= 0.6 is 0 Å². The van der Waals surface area contributed by atoms with E-state index in [1.54, 1.807) is 0 Å². The van der Waals surface area contributed by atoms with Gasteiger partial charge in [0.15, 0.2) is 6.04 Å². The van der Waals surface area contributed by atoms with Gasteiger partial charge in [0, 0.05) is 6.54 Å². The second-order valence-corrected chi connectivity index (χ2v) is 2.46. The number of carboxylic acid groups (broad SMARTS) is 1. The molecule has 2 amide bonds. The minimum Gasteiger partial charge on any atom is -0.480 e. The molecule has 0 saturated carbocycles. The second kappa shape index (κ2) is 3.40. The highest BCUT2D eigenvalue weighted by atomic mass is 16.5. The highest BCUT2D eigenvalue weighted by Gasteiger charge is 2.31. The minimum atomic E-state index is -1.09. The van der Waals surface area contributed by atoms with Gasteiger partial charge in [0.2, 0.25) is 0 Å². The van der Waals surface area contributed by atoms with Crippen molar-refractivity contribution in [1.29, 1.82) is 0 Å². The van der Waals surface area contributed by atoms with Gasteiger partial charge in [-0.05, 0) is 0 Å². The number of hydrogen-bond acceptors (Lipinski definition) is 3. The first-order valence-corrected chi connectivity index (χ1v) is 3.49. The van der Waals surface area contributed by atoms with Gasteiger partial charge in [-0.2, -0.15) is 0 Å². The molecule has 0 spiro atoms. The van der Waals surface area contributed by atoms with Crippen LogP contribution in [0, 0.1) is 0 Å². The summed E-state index contributed by atoms with van der Waals surface area (Å²) in [5, 5.41) is 8.63. The molecule has 0 aromatic heterocycles. The van der Waals surface area contributed by atoms with Gasteiger partial charge in [-0.3, -0.25) is 0 Å². The van der Waals surface area contributed by atoms with E-state index in [-0.39, 0.29) is 13.2 Å². The maximum atomic E-state index is 10.7. The lowest BCUT2D eigenvalue weighted by Crippen LogP contribution is -2.54. The summed E-state index contributed by atoms with van der Waals surface area (Å²) in [4.78, 5) is 22.3. The first-order valence-electron chi connectivity index (χ1n) is 3.49. The van der Waals surface area contributed by atoms with Gasteiger partial charge in [-0.15, -0.1) is 0 Å². The van der Waals surface area contributed by atoms with E-state index in [0.717, 1.165) is 4.90 Å². The molecule has 1 heterocycles. The normalized spacial score (nSPS) is 23.7. The number of ether oxygens (including phenoxy) is 1. The van der Waals surface area contributed by atoms with Gasteiger partial charge in [0.1, 0.15) is 0 Å². The summed E-state index contributed by atoms with van der Waals surface area (Å²) >= 11 is 0. The van der Waals surface area contributed by atoms with Crippen molar-refractivity contribution in [2.75, 3.05) is 19.8 Å². The van der Waals surface area contributed by atoms with Crippen LogP contribution in [0.1, 0.15) is 0 Å². The van der Waals surface area contributed by atoms with E-state index in [1.165, 1.54) is 0 Å². The number of carbonyl (C=O) groups is 2. The van der Waals surface area contributed by atoms with E-state index < -0.39 is 18.0 Å². The number of carbonyl (C=O) groups excluding carboxylic acids is 1. The maximum Gasteiger partial charge on any atom is 0.328 e. The van der Waals surface area contributed by atoms with Crippen LogP contribution in [0.2, 0.25) is 0 Å². The molecule has 12 heavy (non-hydrogen) atoms. The van der Waals surface area contributed by atoms with Crippen molar-refractivity contribution in [2.24, 2.45) is 5.73 Å². The Balaban J connectivity index is 2.67. The van der Waals surface area contributed by atoms with E-state index >= 15 is 0 Å². The fourth-order valence-corrected chi connectivity index (χ4v) is 1.07. The molecular weight excluding hydrogens is 164 g/mol. The fourth-order valence-electron chi connectivity index (χ4n) is 1.07. The van der Waals surface area contributed by atoms with E-state index in [2.05, 4.69) is 0 Å². The van der Waals surface area contributed by atoms with Crippen molar-refractivity contribution in [3.8, 4) is 0 Å². The molecule has 1 aliphatic heterocycles. The van der Waals surface area contributed by atoms with Gasteiger partial charge >= 0.3 is 12.0 Å². The zero-order chi connectivity index (χ0) is 9.14. The van der Waals surface area contributed by atoms with Crippen LogP contribution < -0.4 is 5.73 Å². The van der Waals surface area contributed by atoms with Crippen LogP contribution in [-0.2, 0) is 9.53 Å². The summed E-state index contributed by atoms with van der Waals surface area (Å²) in [5.41, 5.74) is 4.96. The van der Waals surface area contributed by atoms with Gasteiger partial charge in [-0.25, -0.2) is 9.59 Å². The van der Waals surface area contributed by atoms with E-state index in [0.29, 0.717) is 6.61 Å². The zero-order valence-electron chi connectivity index (χ0n) is 6.40. The highest BCUT2D eigenvalue weighted by Crippen LogP contribution is 2.05. The Morgan fingerprint density at radius 1 is 1.58 bits per heavy atom. The Kier molecular flexibility index (Phi) is 2.49. The molecule has 68 valence electrons. The van der Waals surface area contributed by atoms with Gasteiger partial charge < -0.3 is 20.5 Å². The third-order valence-electron chi connectivity index (χ3n) is 1.70. The lowest BCUT2D eigenvalue weighted by Gasteiger charge is -2.31. The average Bonchev–Trinajstić information content (AvgIpc) is 2.04. The Morgan fingerprint density at radius 3 is 2.67 bits per heavy atom. The molecule has 0 aliphatic carbocycles. The molecule has 0 bridgehead atoms. The second-order valence-electron chi connectivity index (χ2n) is 2.46. The van der Waals surface area contributed by atoms with E-state index in [9.17, 15) is 9.59 Å². The van der Waals surface area contributed by atoms with E-state index in [1.807, 2.05) is 0 Å². The Morgan fingerprint density at radius 2 is 2.25 bits per heavy atom. The Labute approximate surface area is 68.9 Å². The largest absolute Gasteiger partial charge is 0.480 e. The number of primary amides is 1. The van der Waals surface area contributed by atoms with Crippen molar-refractivity contribution < 1.29 is 19.4 Å². The number of hydrogen-bond donors (Lipinski definition) is 2. The predicted octanol–water partition coefficient (Wildman–Crippen LogP) is -1.15. The van der Waals surface area contributed by atoms with Crippen LogP contribution in [0.15, 0.2) is 0 Å². The van der Waals surface area contributed by atoms with Crippen molar-refractivity contribution in [2.45, 2.75) is 6.04 Å². The van der Waals surface area contributed by atoms with Gasteiger partial charge in [0.25, 0.3) is 0 Å². The van der Waals surface area contributed by atoms with Crippen molar-refractivity contribution in [3.63, 3.8) is 0 Å². The molecule has 6 heteroatoms. The van der Waals surface area contributed by atoms with Gasteiger partial charge in [-0.1, -0.05) is 0 Å². The maximum absolute atomic E-state index is 10.7. The quantitative estimate of drug-likeness (QED) is 0.525. The third-order valence-corrected chi connectivity index (χ3v) is 1.70. The fraction of sp³-hybridized carbons (Fsp3) is 0.667. The van der Waals surface area contributed by atoms with Crippen LogP contribution in [0.25, 0.3) is 0 Å². The zero-order valence-corrected chi connectivity index (χ0v) is 6.40. The summed E-state index contributed by atoms with van der Waals surface area (Å²) < 4.78 is 4.89. The smallest absolute Gasteiger partial charge is 0.328 e. The lowest BCUT2D eigenvalue weighted by atomic mass is 10.2. The standard InChI is InChI=1S/C6H10N2O4/c7-6(11)8-1-2-12-3-4(8)5(9)10/h4H,1-3H2,(H2,7,11)(H,9,10). The van der Waals surface area contributed by atoms with Crippen molar-refractivity contribution in [3.05, 3.63) is 0 Å². The van der Waals surface area contributed by atoms with Crippen LogP contribution in [0.5, 0.6) is 0 Å². The molecule has 3 N–H and O–H groups in total. The van der Waals surface area contributed by atoms with Crippen LogP contribution in [0.4, 0.5) is 4.79 Å². The Hall–Kier alpha value is -1.30. The molecule has 1 atom stereocenters. The molecular formula is C6H10N2O4. The molecule has 1 saturated heterocycles. The molecule has 6 nitrogen and oxygen atoms in total.